The molecule has 0 aliphatic heterocycles. The molecule has 0 aliphatic carbocycles. The lowest BCUT2D eigenvalue weighted by molar-refractivity contribution is -0.139. The molecular weight excluding hydrogens is 170 g/mol. The number of hydrogen-bond donors (Lipinski definition) is 1. The van der Waals surface area contributed by atoms with Crippen molar-refractivity contribution in [1.29, 1.82) is 0 Å². The summed E-state index contributed by atoms with van der Waals surface area (Å²) < 4.78 is 4.81. The molecule has 0 unspecified atom stereocenters. The van der Waals surface area contributed by atoms with Crippen LogP contribution >= 0.6 is 0 Å². The molecular formula is C9H13NO3. The number of hydrogen-bond acceptors (Lipinski definition) is 3. The fourth-order valence-corrected chi connectivity index (χ4v) is 0.578. The van der Waals surface area contributed by atoms with Gasteiger partial charge in [-0.05, 0) is 12.1 Å². The smallest absolute Gasteiger partial charge is 0.341 e. The van der Waals surface area contributed by atoms with E-state index >= 15 is 0 Å². The topological polar surface area (TPSA) is 59.4 Å². The van der Waals surface area contributed by atoms with E-state index in [1.807, 2.05) is 13.8 Å². The first-order valence-corrected chi connectivity index (χ1v) is 4.03. The van der Waals surface area contributed by atoms with Gasteiger partial charge in [-0.15, -0.1) is 0 Å². The third kappa shape index (κ3) is 5.66. The van der Waals surface area contributed by atoms with Gasteiger partial charge < -0.3 is 9.84 Å². The fraction of sp³-hybridized carbons (Fsp3) is 0.333. The Bertz CT molecular complexity index is 236. The third-order valence-corrected chi connectivity index (χ3v) is 0.997. The minimum Gasteiger partial charge on any atom is -0.480 e. The molecule has 0 amide bonds. The molecule has 4 heteroatoms. The Hall–Kier alpha value is -1.58. The van der Waals surface area contributed by atoms with Gasteiger partial charge in [0.15, 0.2) is 6.61 Å². The van der Waals surface area contributed by atoms with E-state index in [1.54, 1.807) is 18.3 Å². The number of rotatable bonds is 3. The van der Waals surface area contributed by atoms with Crippen LogP contribution in [0.25, 0.3) is 0 Å². The Labute approximate surface area is 77.2 Å². The molecule has 1 N–H and O–H groups in total. The summed E-state index contributed by atoms with van der Waals surface area (Å²) in [6, 6.07) is 3.33. The second-order valence-corrected chi connectivity index (χ2v) is 1.87. The van der Waals surface area contributed by atoms with Crippen molar-refractivity contribution in [1.82, 2.24) is 4.98 Å². The Morgan fingerprint density at radius 2 is 2.31 bits per heavy atom. The van der Waals surface area contributed by atoms with Gasteiger partial charge in [0.05, 0.1) is 6.20 Å². The van der Waals surface area contributed by atoms with Crippen molar-refractivity contribution >= 4 is 5.97 Å². The second kappa shape index (κ2) is 7.09. The van der Waals surface area contributed by atoms with Crippen molar-refractivity contribution in [3.63, 3.8) is 0 Å². The number of aliphatic carboxylic acids is 1. The van der Waals surface area contributed by atoms with Gasteiger partial charge in [0.1, 0.15) is 5.75 Å². The molecule has 1 rings (SSSR count). The van der Waals surface area contributed by atoms with Crippen LogP contribution in [0.15, 0.2) is 24.5 Å². The standard InChI is InChI=1S/C7H7NO3.C2H6/c9-7(10)5-11-6-2-1-3-8-4-6;1-2/h1-4H,5H2,(H,9,10);1-2H3. The van der Waals surface area contributed by atoms with E-state index in [4.69, 9.17) is 9.84 Å². The minimum atomic E-state index is -0.992. The molecule has 0 bridgehead atoms. The summed E-state index contributed by atoms with van der Waals surface area (Å²) in [7, 11) is 0. The Kier molecular flexibility index (Phi) is 6.23. The van der Waals surface area contributed by atoms with E-state index < -0.39 is 5.97 Å². The van der Waals surface area contributed by atoms with Gasteiger partial charge in [-0.25, -0.2) is 4.79 Å². The van der Waals surface area contributed by atoms with E-state index in [2.05, 4.69) is 4.98 Å². The van der Waals surface area contributed by atoms with E-state index in [0.29, 0.717) is 5.75 Å². The van der Waals surface area contributed by atoms with Crippen molar-refractivity contribution in [2.75, 3.05) is 6.61 Å². The molecule has 0 fully saturated rings. The van der Waals surface area contributed by atoms with E-state index in [1.165, 1.54) is 6.20 Å². The van der Waals surface area contributed by atoms with Crippen LogP contribution < -0.4 is 4.74 Å². The lowest BCUT2D eigenvalue weighted by atomic mass is 10.5. The summed E-state index contributed by atoms with van der Waals surface area (Å²) in [5.41, 5.74) is 0. The highest BCUT2D eigenvalue weighted by atomic mass is 16.5. The number of aromatic nitrogens is 1. The predicted molar refractivity (Wildman–Crippen MR) is 48.7 cm³/mol. The number of nitrogens with zero attached hydrogens (tertiary/aromatic N) is 1. The molecule has 1 aromatic rings. The zero-order valence-electron chi connectivity index (χ0n) is 7.73. The highest BCUT2D eigenvalue weighted by Gasteiger charge is 1.96. The van der Waals surface area contributed by atoms with Crippen molar-refractivity contribution < 1.29 is 14.6 Å². The van der Waals surface area contributed by atoms with E-state index in [-0.39, 0.29) is 6.61 Å². The molecule has 0 aliphatic rings. The zero-order chi connectivity index (χ0) is 10.1. The Balaban J connectivity index is 0.000000671. The number of carboxylic acids is 1. The first-order valence-electron chi connectivity index (χ1n) is 4.03. The monoisotopic (exact) mass is 183 g/mol. The summed E-state index contributed by atoms with van der Waals surface area (Å²) in [5.74, 6) is -0.524. The number of pyridine rings is 1. The van der Waals surface area contributed by atoms with Gasteiger partial charge in [0, 0.05) is 6.20 Å². The molecule has 13 heavy (non-hydrogen) atoms. The molecule has 4 nitrogen and oxygen atoms in total. The first kappa shape index (κ1) is 11.4. The molecule has 0 radical (unpaired) electrons. The lowest BCUT2D eigenvalue weighted by Gasteiger charge is -1.99. The second-order valence-electron chi connectivity index (χ2n) is 1.87. The van der Waals surface area contributed by atoms with Crippen molar-refractivity contribution in [2.45, 2.75) is 13.8 Å². The van der Waals surface area contributed by atoms with Crippen LogP contribution in [0, 0.1) is 0 Å². The van der Waals surface area contributed by atoms with Crippen molar-refractivity contribution in [3.05, 3.63) is 24.5 Å². The summed E-state index contributed by atoms with van der Waals surface area (Å²) in [4.78, 5) is 13.8. The van der Waals surface area contributed by atoms with Crippen LogP contribution in [0.1, 0.15) is 13.8 Å². The van der Waals surface area contributed by atoms with E-state index in [9.17, 15) is 4.79 Å². The van der Waals surface area contributed by atoms with Crippen LogP contribution in [-0.2, 0) is 4.79 Å². The molecule has 1 aromatic heterocycles. The lowest BCUT2D eigenvalue weighted by Crippen LogP contribution is -2.09. The van der Waals surface area contributed by atoms with Crippen molar-refractivity contribution in [3.8, 4) is 5.75 Å². The van der Waals surface area contributed by atoms with Gasteiger partial charge >= 0.3 is 5.97 Å². The summed E-state index contributed by atoms with van der Waals surface area (Å²) in [6.45, 7) is 3.67. The first-order chi connectivity index (χ1) is 6.29. The SMILES string of the molecule is CC.O=C(O)COc1cccnc1. The number of ether oxygens (including phenoxy) is 1. The molecule has 0 saturated heterocycles. The highest BCUT2D eigenvalue weighted by molar-refractivity contribution is 5.68. The largest absolute Gasteiger partial charge is 0.480 e. The van der Waals surface area contributed by atoms with Gasteiger partial charge in [-0.2, -0.15) is 0 Å². The Morgan fingerprint density at radius 3 is 2.77 bits per heavy atom. The molecule has 0 spiro atoms. The quantitative estimate of drug-likeness (QED) is 0.772. The molecule has 0 atom stereocenters. The average Bonchev–Trinajstić information content (AvgIpc) is 2.19. The maximum atomic E-state index is 10.0. The summed E-state index contributed by atoms with van der Waals surface area (Å²) in [6.07, 6.45) is 3.05. The maximum absolute atomic E-state index is 10.0. The zero-order valence-corrected chi connectivity index (χ0v) is 7.73. The van der Waals surface area contributed by atoms with Crippen LogP contribution in [0.2, 0.25) is 0 Å². The minimum absolute atomic E-state index is 0.328. The summed E-state index contributed by atoms with van der Waals surface area (Å²) in [5, 5.41) is 8.23. The number of carboxylic acid groups (broad SMARTS) is 1. The maximum Gasteiger partial charge on any atom is 0.341 e. The molecule has 0 aromatic carbocycles. The average molecular weight is 183 g/mol. The Morgan fingerprint density at radius 1 is 1.62 bits per heavy atom. The summed E-state index contributed by atoms with van der Waals surface area (Å²) >= 11 is 0. The van der Waals surface area contributed by atoms with Crippen LogP contribution in [0.5, 0.6) is 5.75 Å². The molecule has 1 heterocycles. The number of carbonyl (C=O) groups is 1. The van der Waals surface area contributed by atoms with Gasteiger partial charge in [0.2, 0.25) is 0 Å². The van der Waals surface area contributed by atoms with Crippen LogP contribution in [-0.4, -0.2) is 22.7 Å². The normalized spacial score (nSPS) is 8.15. The van der Waals surface area contributed by atoms with Crippen LogP contribution in [0.3, 0.4) is 0 Å². The molecule has 0 saturated carbocycles. The third-order valence-electron chi connectivity index (χ3n) is 0.997. The highest BCUT2D eigenvalue weighted by Crippen LogP contribution is 2.04. The predicted octanol–water partition coefficient (Wildman–Crippen LogP) is 1.57. The van der Waals surface area contributed by atoms with Gasteiger partial charge in [-0.3, -0.25) is 4.98 Å². The van der Waals surface area contributed by atoms with Crippen molar-refractivity contribution in [2.24, 2.45) is 0 Å². The van der Waals surface area contributed by atoms with Crippen LogP contribution in [0.4, 0.5) is 0 Å². The van der Waals surface area contributed by atoms with E-state index in [0.717, 1.165) is 0 Å². The van der Waals surface area contributed by atoms with Gasteiger partial charge in [0.25, 0.3) is 0 Å². The van der Waals surface area contributed by atoms with Gasteiger partial charge in [-0.1, -0.05) is 13.8 Å². The molecule has 72 valence electrons. The fourth-order valence-electron chi connectivity index (χ4n) is 0.578.